The summed E-state index contributed by atoms with van der Waals surface area (Å²) in [6.07, 6.45) is 0. The summed E-state index contributed by atoms with van der Waals surface area (Å²) in [6, 6.07) is 0. The first-order chi connectivity index (χ1) is 6.43. The van der Waals surface area contributed by atoms with Crippen LogP contribution in [0.2, 0.25) is 3.43 Å². The van der Waals surface area contributed by atoms with Crippen LogP contribution in [0.5, 0.6) is 0 Å². The Bertz CT molecular complexity index is 137. The van der Waals surface area contributed by atoms with E-state index in [-0.39, 0.29) is 3.43 Å². The average molecular weight is 311 g/mol. The van der Waals surface area contributed by atoms with Crippen LogP contribution >= 0.6 is 0 Å². The molecule has 3 nitrogen and oxygen atoms in total. The van der Waals surface area contributed by atoms with Crippen molar-refractivity contribution in [3.63, 3.8) is 0 Å². The van der Waals surface area contributed by atoms with E-state index in [1.165, 1.54) is 0 Å². The zero-order valence-electron chi connectivity index (χ0n) is 10.3. The van der Waals surface area contributed by atoms with Gasteiger partial charge < -0.3 is 0 Å². The Labute approximate surface area is 93.6 Å². The molecule has 0 aromatic rings. The quantitative estimate of drug-likeness (QED) is 0.706. The Morgan fingerprint density at radius 3 is 1.21 bits per heavy atom. The van der Waals surface area contributed by atoms with Gasteiger partial charge in [-0.25, -0.2) is 0 Å². The van der Waals surface area contributed by atoms with Crippen molar-refractivity contribution < 1.29 is 9.22 Å². The number of rotatable bonds is 6. The Hall–Kier alpha value is 0.679. The molecule has 0 spiro atoms. The van der Waals surface area contributed by atoms with Crippen molar-refractivity contribution in [2.75, 3.05) is 19.8 Å². The van der Waals surface area contributed by atoms with E-state index < -0.39 is 19.6 Å². The normalized spacial score (nSPS) is 13.3. The molecule has 0 aliphatic rings. The Kier molecular flexibility index (Phi) is 6.61. The van der Waals surface area contributed by atoms with E-state index >= 15 is 0 Å². The van der Waals surface area contributed by atoms with Crippen LogP contribution < -0.4 is 0 Å². The van der Waals surface area contributed by atoms with Crippen LogP contribution in [0.4, 0.5) is 0 Å². The summed E-state index contributed by atoms with van der Waals surface area (Å²) < 4.78 is 17.5. The van der Waals surface area contributed by atoms with E-state index in [0.717, 1.165) is 0 Å². The molecule has 0 atom stereocenters. The van der Waals surface area contributed by atoms with Crippen molar-refractivity contribution in [1.29, 1.82) is 0 Å². The molecule has 0 bridgehead atoms. The first-order valence-corrected chi connectivity index (χ1v) is 10.3. The molecule has 0 aromatic heterocycles. The molecule has 0 aromatic carbocycles. The van der Waals surface area contributed by atoms with Gasteiger partial charge >= 0.3 is 93.6 Å². The van der Waals surface area contributed by atoms with Gasteiger partial charge in [-0.15, -0.1) is 0 Å². The van der Waals surface area contributed by atoms with Crippen LogP contribution in [0.25, 0.3) is 0 Å². The molecule has 0 fully saturated rings. The molecule has 0 rings (SSSR count). The molecule has 0 unspecified atom stereocenters. The van der Waals surface area contributed by atoms with Crippen LogP contribution in [0, 0.1) is 0 Å². The SMILES string of the molecule is CC[O][Sn]([O]CC)([O]CC)[C](C)(C)C. The summed E-state index contributed by atoms with van der Waals surface area (Å²) in [6.45, 7) is 14.4. The molecule has 86 valence electrons. The van der Waals surface area contributed by atoms with Gasteiger partial charge in [-0.05, 0) is 0 Å². The minimum atomic E-state index is -3.31. The molecule has 0 heterocycles. The van der Waals surface area contributed by atoms with Crippen molar-refractivity contribution in [1.82, 2.24) is 0 Å². The van der Waals surface area contributed by atoms with Crippen molar-refractivity contribution in [2.45, 2.75) is 45.0 Å². The molecule has 4 heteroatoms. The summed E-state index contributed by atoms with van der Waals surface area (Å²) >= 11 is -3.31. The first-order valence-electron chi connectivity index (χ1n) is 5.35. The van der Waals surface area contributed by atoms with Crippen molar-refractivity contribution in [3.05, 3.63) is 0 Å². The summed E-state index contributed by atoms with van der Waals surface area (Å²) in [7, 11) is 0. The molecule has 0 aliphatic heterocycles. The number of hydrogen-bond acceptors (Lipinski definition) is 3. The Morgan fingerprint density at radius 2 is 1.07 bits per heavy atom. The summed E-state index contributed by atoms with van der Waals surface area (Å²) in [4.78, 5) is 0. The second-order valence-electron chi connectivity index (χ2n) is 4.11. The van der Waals surface area contributed by atoms with E-state index in [1.54, 1.807) is 0 Å². The van der Waals surface area contributed by atoms with E-state index in [2.05, 4.69) is 20.8 Å². The van der Waals surface area contributed by atoms with Gasteiger partial charge in [0.2, 0.25) is 0 Å². The topological polar surface area (TPSA) is 27.7 Å². The van der Waals surface area contributed by atoms with Crippen LogP contribution in [0.15, 0.2) is 0 Å². The van der Waals surface area contributed by atoms with Crippen LogP contribution in [-0.2, 0) is 9.22 Å². The fraction of sp³-hybridized carbons (Fsp3) is 1.00. The molecular weight excluding hydrogens is 287 g/mol. The maximum atomic E-state index is 5.84. The van der Waals surface area contributed by atoms with Gasteiger partial charge in [0.25, 0.3) is 0 Å². The van der Waals surface area contributed by atoms with Gasteiger partial charge in [-0.2, -0.15) is 0 Å². The second kappa shape index (κ2) is 6.30. The van der Waals surface area contributed by atoms with Crippen molar-refractivity contribution in [3.8, 4) is 0 Å². The van der Waals surface area contributed by atoms with Crippen molar-refractivity contribution in [2.24, 2.45) is 0 Å². The molecule has 0 amide bonds. The fourth-order valence-corrected chi connectivity index (χ4v) is 9.02. The van der Waals surface area contributed by atoms with E-state index in [1.807, 2.05) is 20.8 Å². The Morgan fingerprint density at radius 1 is 0.786 bits per heavy atom. The van der Waals surface area contributed by atoms with E-state index in [0.29, 0.717) is 19.8 Å². The van der Waals surface area contributed by atoms with Gasteiger partial charge in [0.1, 0.15) is 0 Å². The summed E-state index contributed by atoms with van der Waals surface area (Å²) in [5.41, 5.74) is 0. The summed E-state index contributed by atoms with van der Waals surface area (Å²) in [5, 5.41) is 0. The molecule has 0 aliphatic carbocycles. The molecule has 0 N–H and O–H groups in total. The van der Waals surface area contributed by atoms with Gasteiger partial charge in [-0.1, -0.05) is 0 Å². The zero-order chi connectivity index (χ0) is 11.2. The van der Waals surface area contributed by atoms with E-state index in [4.69, 9.17) is 9.22 Å². The predicted molar refractivity (Wildman–Crippen MR) is 60.3 cm³/mol. The third-order valence-electron chi connectivity index (χ3n) is 1.92. The second-order valence-corrected chi connectivity index (χ2v) is 14.0. The zero-order valence-corrected chi connectivity index (χ0v) is 13.2. The molecular formula is C10H24O3Sn. The molecule has 14 heavy (non-hydrogen) atoms. The third kappa shape index (κ3) is 3.68. The molecule has 0 saturated heterocycles. The Balaban J connectivity index is 4.73. The average Bonchev–Trinajstić information content (AvgIpc) is 2.03. The molecule has 0 saturated carbocycles. The van der Waals surface area contributed by atoms with Gasteiger partial charge in [0.05, 0.1) is 0 Å². The van der Waals surface area contributed by atoms with Crippen LogP contribution in [0.3, 0.4) is 0 Å². The van der Waals surface area contributed by atoms with Crippen LogP contribution in [0.1, 0.15) is 41.5 Å². The standard InChI is InChI=1S/C4H9.3C2H5O.Sn/c1-4(2)3;3*1-2-3;/h1-3H3;3*2H2,1H3;/q;3*-1;+3. The monoisotopic (exact) mass is 312 g/mol. The molecule has 0 radical (unpaired) electrons. The fourth-order valence-electron chi connectivity index (χ4n) is 1.34. The van der Waals surface area contributed by atoms with E-state index in [9.17, 15) is 0 Å². The van der Waals surface area contributed by atoms with Crippen LogP contribution in [-0.4, -0.2) is 39.4 Å². The first kappa shape index (κ1) is 14.7. The predicted octanol–water partition coefficient (Wildman–Crippen LogP) is 2.83. The van der Waals surface area contributed by atoms with Gasteiger partial charge in [0.15, 0.2) is 0 Å². The van der Waals surface area contributed by atoms with Gasteiger partial charge in [0, 0.05) is 0 Å². The third-order valence-corrected chi connectivity index (χ3v) is 12.9. The summed E-state index contributed by atoms with van der Waals surface area (Å²) in [5.74, 6) is 0. The minimum absolute atomic E-state index is 0.0106. The van der Waals surface area contributed by atoms with Gasteiger partial charge in [-0.3, -0.25) is 0 Å². The number of hydrogen-bond donors (Lipinski definition) is 0. The maximum absolute atomic E-state index is 5.84. The van der Waals surface area contributed by atoms with Crippen molar-refractivity contribution >= 4 is 19.6 Å².